The van der Waals surface area contributed by atoms with E-state index in [0.29, 0.717) is 18.2 Å². The zero-order valence-corrected chi connectivity index (χ0v) is 16.4. The molecule has 3 aromatic rings. The van der Waals surface area contributed by atoms with Crippen molar-refractivity contribution >= 4 is 16.9 Å². The van der Waals surface area contributed by atoms with Crippen LogP contribution in [0.4, 0.5) is 5.82 Å². The summed E-state index contributed by atoms with van der Waals surface area (Å²) in [5.41, 5.74) is 7.02. The molecule has 2 aromatic heterocycles. The third kappa shape index (κ3) is 3.82. The molecule has 4 rings (SSSR count). The Labute approximate surface area is 168 Å². The Bertz CT molecular complexity index is 1180. The van der Waals surface area contributed by atoms with Crippen molar-refractivity contribution in [3.63, 3.8) is 0 Å². The molecule has 150 valence electrons. The normalized spacial score (nSPS) is 16.6. The van der Waals surface area contributed by atoms with Crippen molar-refractivity contribution in [3.8, 4) is 11.8 Å². The van der Waals surface area contributed by atoms with Gasteiger partial charge < -0.3 is 15.6 Å². The standard InChI is InChI=1S/C21H24N6O2/c1-2-3-11-26-19(25-10-6-7-15(22)13-25)12-20(28)27(21(26)29)14-18-23-16-8-4-5-9-17(16)24-18/h4-5,8-9,12,15H,6-7,10-11,13-14,22H2,1H3,(H,23,24)/t15-/m1/s1. The van der Waals surface area contributed by atoms with Crippen molar-refractivity contribution in [2.45, 2.75) is 38.9 Å². The number of para-hydroxylation sites is 2. The summed E-state index contributed by atoms with van der Waals surface area (Å²) in [5.74, 6) is 6.91. The molecule has 0 aliphatic carbocycles. The minimum absolute atomic E-state index is 0.0301. The number of nitrogens with one attached hydrogen (secondary N) is 1. The van der Waals surface area contributed by atoms with Gasteiger partial charge in [-0.15, -0.1) is 5.92 Å². The van der Waals surface area contributed by atoms with Crippen LogP contribution >= 0.6 is 0 Å². The maximum atomic E-state index is 13.2. The van der Waals surface area contributed by atoms with Crippen LogP contribution in [0.1, 0.15) is 25.6 Å². The lowest BCUT2D eigenvalue weighted by Crippen LogP contribution is -2.48. The molecule has 3 N–H and O–H groups in total. The monoisotopic (exact) mass is 392 g/mol. The Kier molecular flexibility index (Phi) is 5.23. The van der Waals surface area contributed by atoms with Crippen LogP contribution in [0.15, 0.2) is 39.9 Å². The fourth-order valence-electron chi connectivity index (χ4n) is 3.77. The molecule has 1 aliphatic heterocycles. The van der Waals surface area contributed by atoms with E-state index in [1.54, 1.807) is 11.5 Å². The van der Waals surface area contributed by atoms with Crippen LogP contribution in [0.5, 0.6) is 0 Å². The first-order chi connectivity index (χ1) is 14.1. The number of H-pyrrole nitrogens is 1. The van der Waals surface area contributed by atoms with E-state index >= 15 is 0 Å². The lowest BCUT2D eigenvalue weighted by molar-refractivity contribution is 0.491. The van der Waals surface area contributed by atoms with E-state index in [0.717, 1.165) is 30.4 Å². The minimum atomic E-state index is -0.394. The third-order valence-corrected chi connectivity index (χ3v) is 5.20. The van der Waals surface area contributed by atoms with E-state index in [1.807, 2.05) is 29.2 Å². The molecule has 8 nitrogen and oxygen atoms in total. The van der Waals surface area contributed by atoms with Crippen molar-refractivity contribution in [1.29, 1.82) is 0 Å². The van der Waals surface area contributed by atoms with Crippen LogP contribution in [0.3, 0.4) is 0 Å². The largest absolute Gasteiger partial charge is 0.356 e. The summed E-state index contributed by atoms with van der Waals surface area (Å²) in [6.07, 6.45) is 1.87. The molecule has 0 amide bonds. The first kappa shape index (κ1) is 19.0. The van der Waals surface area contributed by atoms with E-state index in [4.69, 9.17) is 5.73 Å². The molecule has 29 heavy (non-hydrogen) atoms. The van der Waals surface area contributed by atoms with Crippen molar-refractivity contribution in [2.24, 2.45) is 5.73 Å². The number of rotatable bonds is 4. The Morgan fingerprint density at radius 2 is 2.10 bits per heavy atom. The van der Waals surface area contributed by atoms with Gasteiger partial charge in [-0.1, -0.05) is 18.1 Å². The molecule has 1 fully saturated rings. The molecule has 8 heteroatoms. The lowest BCUT2D eigenvalue weighted by Gasteiger charge is -2.33. The molecule has 1 atom stereocenters. The van der Waals surface area contributed by atoms with E-state index in [1.165, 1.54) is 10.6 Å². The molecule has 0 bridgehead atoms. The number of fused-ring (bicyclic) bond motifs is 1. The maximum Gasteiger partial charge on any atom is 0.333 e. The number of benzene rings is 1. The quantitative estimate of drug-likeness (QED) is 0.642. The number of aromatic nitrogens is 4. The lowest BCUT2D eigenvalue weighted by atomic mass is 10.1. The smallest absolute Gasteiger partial charge is 0.333 e. The number of imidazole rings is 1. The molecule has 1 aliphatic rings. The summed E-state index contributed by atoms with van der Waals surface area (Å²) in [7, 11) is 0. The van der Waals surface area contributed by atoms with Gasteiger partial charge in [0.2, 0.25) is 0 Å². The van der Waals surface area contributed by atoms with Crippen LogP contribution in [0.25, 0.3) is 11.0 Å². The fraction of sp³-hybridized carbons (Fsp3) is 0.381. The topological polar surface area (TPSA) is 102 Å². The first-order valence-electron chi connectivity index (χ1n) is 9.75. The predicted molar refractivity (Wildman–Crippen MR) is 113 cm³/mol. The molecule has 0 saturated carbocycles. The van der Waals surface area contributed by atoms with Gasteiger partial charge in [-0.3, -0.25) is 13.9 Å². The highest BCUT2D eigenvalue weighted by Gasteiger charge is 2.22. The number of hydrogen-bond acceptors (Lipinski definition) is 5. The van der Waals surface area contributed by atoms with Gasteiger partial charge in [0.1, 0.15) is 11.6 Å². The average molecular weight is 392 g/mol. The van der Waals surface area contributed by atoms with Gasteiger partial charge >= 0.3 is 5.69 Å². The molecule has 1 aromatic carbocycles. The molecule has 0 spiro atoms. The van der Waals surface area contributed by atoms with Gasteiger partial charge in [0.15, 0.2) is 0 Å². The van der Waals surface area contributed by atoms with E-state index in [-0.39, 0.29) is 24.7 Å². The zero-order chi connectivity index (χ0) is 20.4. The number of hydrogen-bond donors (Lipinski definition) is 2. The second kappa shape index (κ2) is 7.97. The summed E-state index contributed by atoms with van der Waals surface area (Å²) >= 11 is 0. The highest BCUT2D eigenvalue weighted by atomic mass is 16.2. The maximum absolute atomic E-state index is 13.2. The number of nitrogens with two attached hydrogens (primary N) is 1. The molecule has 0 radical (unpaired) electrons. The summed E-state index contributed by atoms with van der Waals surface area (Å²) in [6, 6.07) is 9.14. The van der Waals surface area contributed by atoms with Crippen molar-refractivity contribution < 1.29 is 0 Å². The van der Waals surface area contributed by atoms with Crippen molar-refractivity contribution in [1.82, 2.24) is 19.1 Å². The number of aromatic amines is 1. The second-order valence-corrected chi connectivity index (χ2v) is 7.27. The highest BCUT2D eigenvalue weighted by Crippen LogP contribution is 2.17. The van der Waals surface area contributed by atoms with E-state index in [9.17, 15) is 9.59 Å². The van der Waals surface area contributed by atoms with Crippen LogP contribution in [0, 0.1) is 11.8 Å². The van der Waals surface area contributed by atoms with Crippen LogP contribution in [-0.4, -0.2) is 38.2 Å². The van der Waals surface area contributed by atoms with Crippen LogP contribution < -0.4 is 21.9 Å². The van der Waals surface area contributed by atoms with Crippen LogP contribution in [0.2, 0.25) is 0 Å². The Hall–Kier alpha value is -3.31. The molecule has 1 saturated heterocycles. The number of nitrogens with zero attached hydrogens (tertiary/aromatic N) is 4. The highest BCUT2D eigenvalue weighted by molar-refractivity contribution is 5.74. The second-order valence-electron chi connectivity index (χ2n) is 7.27. The first-order valence-corrected chi connectivity index (χ1v) is 9.75. The van der Waals surface area contributed by atoms with Gasteiger partial charge in [-0.25, -0.2) is 9.78 Å². The van der Waals surface area contributed by atoms with E-state index in [2.05, 4.69) is 21.8 Å². The van der Waals surface area contributed by atoms with Gasteiger partial charge in [-0.2, -0.15) is 0 Å². The third-order valence-electron chi connectivity index (χ3n) is 5.20. The predicted octanol–water partition coefficient (Wildman–Crippen LogP) is 0.885. The SMILES string of the molecule is CC#CCn1c(N2CCC[C@@H](N)C2)cc(=O)n(Cc2nc3ccccc3[nH]2)c1=O. The molecular weight excluding hydrogens is 368 g/mol. The Balaban J connectivity index is 1.76. The number of anilines is 1. The van der Waals surface area contributed by atoms with Crippen LogP contribution in [-0.2, 0) is 13.1 Å². The van der Waals surface area contributed by atoms with Gasteiger partial charge in [0, 0.05) is 25.2 Å². The van der Waals surface area contributed by atoms with Gasteiger partial charge in [0.25, 0.3) is 5.56 Å². The summed E-state index contributed by atoms with van der Waals surface area (Å²) < 4.78 is 2.75. The van der Waals surface area contributed by atoms with E-state index < -0.39 is 5.69 Å². The van der Waals surface area contributed by atoms with Gasteiger partial charge in [0.05, 0.1) is 24.1 Å². The minimum Gasteiger partial charge on any atom is -0.356 e. The Morgan fingerprint density at radius 3 is 2.86 bits per heavy atom. The zero-order valence-electron chi connectivity index (χ0n) is 16.4. The summed E-state index contributed by atoms with van der Waals surface area (Å²) in [5, 5.41) is 0. The molecular formula is C21H24N6O2. The average Bonchev–Trinajstić information content (AvgIpc) is 3.13. The Morgan fingerprint density at radius 1 is 1.28 bits per heavy atom. The number of piperidine rings is 1. The van der Waals surface area contributed by atoms with Crippen molar-refractivity contribution in [2.75, 3.05) is 18.0 Å². The summed E-state index contributed by atoms with van der Waals surface area (Å²) in [4.78, 5) is 35.7. The summed E-state index contributed by atoms with van der Waals surface area (Å²) in [6.45, 7) is 3.40. The molecule has 3 heterocycles. The fourth-order valence-corrected chi connectivity index (χ4v) is 3.77. The van der Waals surface area contributed by atoms with Crippen molar-refractivity contribution in [3.05, 3.63) is 57.0 Å². The van der Waals surface area contributed by atoms with Gasteiger partial charge in [-0.05, 0) is 31.9 Å². The molecule has 0 unspecified atom stereocenters.